The molecule has 0 aromatic carbocycles. The van der Waals surface area contributed by atoms with E-state index in [1.807, 2.05) is 0 Å². The maximum absolute atomic E-state index is 13.0. The number of halogens is 4. The van der Waals surface area contributed by atoms with Crippen LogP contribution >= 0.6 is 0 Å². The molecule has 15 heavy (non-hydrogen) atoms. The Kier molecular flexibility index (Phi) is 2.96. The normalized spacial score (nSPS) is 16.1. The number of aromatic nitrogens is 1. The second kappa shape index (κ2) is 3.74. The zero-order chi connectivity index (χ0) is 11.7. The van der Waals surface area contributed by atoms with Crippen LogP contribution in [0.3, 0.4) is 0 Å². The number of nitrogens with two attached hydrogens (primary N) is 1. The predicted molar refractivity (Wildman–Crippen MR) is 43.2 cm³/mol. The standard InChI is InChI=1S/C8H8F4N2O/c9-6-3-14-2-1-5(6)7(15,4-13)8(10,11)12/h1-3,15H,4,13H2. The van der Waals surface area contributed by atoms with Crippen molar-refractivity contribution in [2.75, 3.05) is 6.54 Å². The van der Waals surface area contributed by atoms with Gasteiger partial charge in [-0.3, -0.25) is 4.98 Å². The van der Waals surface area contributed by atoms with Gasteiger partial charge in [0.2, 0.25) is 5.60 Å². The van der Waals surface area contributed by atoms with Crippen molar-refractivity contribution in [3.05, 3.63) is 29.8 Å². The zero-order valence-electron chi connectivity index (χ0n) is 7.42. The predicted octanol–water partition coefficient (Wildman–Crippen LogP) is 0.929. The largest absolute Gasteiger partial charge is 0.422 e. The Morgan fingerprint density at radius 1 is 1.40 bits per heavy atom. The van der Waals surface area contributed by atoms with E-state index < -0.39 is 29.7 Å². The number of alkyl halides is 3. The molecule has 84 valence electrons. The molecular weight excluding hydrogens is 216 g/mol. The first-order valence-corrected chi connectivity index (χ1v) is 3.92. The lowest BCUT2D eigenvalue weighted by Crippen LogP contribution is -2.48. The van der Waals surface area contributed by atoms with Crippen LogP contribution in [0.5, 0.6) is 0 Å². The minimum atomic E-state index is -5.04. The van der Waals surface area contributed by atoms with Gasteiger partial charge in [-0.15, -0.1) is 0 Å². The van der Waals surface area contributed by atoms with Crippen LogP contribution in [0, 0.1) is 5.82 Å². The van der Waals surface area contributed by atoms with Crippen molar-refractivity contribution in [3.63, 3.8) is 0 Å². The van der Waals surface area contributed by atoms with E-state index in [1.54, 1.807) is 0 Å². The molecule has 0 amide bonds. The molecule has 0 bridgehead atoms. The van der Waals surface area contributed by atoms with Gasteiger partial charge in [0, 0.05) is 18.3 Å². The fourth-order valence-electron chi connectivity index (χ4n) is 1.09. The third kappa shape index (κ3) is 1.93. The van der Waals surface area contributed by atoms with E-state index in [9.17, 15) is 22.7 Å². The van der Waals surface area contributed by atoms with Crippen molar-refractivity contribution in [3.8, 4) is 0 Å². The Morgan fingerprint density at radius 3 is 2.40 bits per heavy atom. The molecule has 0 fully saturated rings. The molecule has 0 spiro atoms. The number of nitrogens with zero attached hydrogens (tertiary/aromatic N) is 1. The van der Waals surface area contributed by atoms with Gasteiger partial charge >= 0.3 is 6.18 Å². The van der Waals surface area contributed by atoms with Gasteiger partial charge in [0.1, 0.15) is 5.82 Å². The van der Waals surface area contributed by atoms with Crippen LogP contribution in [0.4, 0.5) is 17.6 Å². The van der Waals surface area contributed by atoms with Crippen LogP contribution < -0.4 is 5.73 Å². The van der Waals surface area contributed by atoms with E-state index >= 15 is 0 Å². The maximum Gasteiger partial charge on any atom is 0.422 e. The molecule has 0 saturated carbocycles. The zero-order valence-corrected chi connectivity index (χ0v) is 7.42. The smallest absolute Gasteiger partial charge is 0.375 e. The fraction of sp³-hybridized carbons (Fsp3) is 0.375. The summed E-state index contributed by atoms with van der Waals surface area (Å²) < 4.78 is 50.4. The number of pyridine rings is 1. The van der Waals surface area contributed by atoms with Crippen LogP contribution in [-0.4, -0.2) is 22.8 Å². The molecule has 0 aliphatic carbocycles. The lowest BCUT2D eigenvalue weighted by Gasteiger charge is -2.29. The number of rotatable bonds is 2. The number of hydrogen-bond acceptors (Lipinski definition) is 3. The van der Waals surface area contributed by atoms with Gasteiger partial charge in [0.05, 0.1) is 6.20 Å². The third-order valence-electron chi connectivity index (χ3n) is 1.98. The fourth-order valence-corrected chi connectivity index (χ4v) is 1.09. The first kappa shape index (κ1) is 11.9. The Morgan fingerprint density at radius 2 is 2.00 bits per heavy atom. The SMILES string of the molecule is NCC(O)(c1ccncc1F)C(F)(F)F. The molecule has 1 heterocycles. The Balaban J connectivity index is 3.30. The molecule has 3 nitrogen and oxygen atoms in total. The van der Waals surface area contributed by atoms with Gasteiger partial charge in [-0.2, -0.15) is 13.2 Å². The number of hydrogen-bond donors (Lipinski definition) is 2. The van der Waals surface area contributed by atoms with Crippen molar-refractivity contribution < 1.29 is 22.7 Å². The summed E-state index contributed by atoms with van der Waals surface area (Å²) in [4.78, 5) is 3.28. The molecule has 7 heteroatoms. The van der Waals surface area contributed by atoms with Gasteiger partial charge in [-0.1, -0.05) is 0 Å². The van der Waals surface area contributed by atoms with Crippen molar-refractivity contribution >= 4 is 0 Å². The van der Waals surface area contributed by atoms with Crippen LogP contribution in [0.2, 0.25) is 0 Å². The van der Waals surface area contributed by atoms with Crippen molar-refractivity contribution in [1.82, 2.24) is 4.98 Å². The maximum atomic E-state index is 13.0. The highest BCUT2D eigenvalue weighted by molar-refractivity contribution is 5.23. The number of aliphatic hydroxyl groups is 1. The summed E-state index contributed by atoms with van der Waals surface area (Å²) in [5.41, 5.74) is 0.538. The van der Waals surface area contributed by atoms with E-state index in [4.69, 9.17) is 5.73 Å². The molecule has 0 aliphatic rings. The molecule has 0 aliphatic heterocycles. The van der Waals surface area contributed by atoms with Gasteiger partial charge in [-0.25, -0.2) is 4.39 Å². The van der Waals surface area contributed by atoms with Gasteiger partial charge in [0.15, 0.2) is 0 Å². The molecule has 1 aromatic heterocycles. The van der Waals surface area contributed by atoms with Crippen LogP contribution in [0.1, 0.15) is 5.56 Å². The van der Waals surface area contributed by atoms with Crippen LogP contribution in [0.15, 0.2) is 18.5 Å². The first-order chi connectivity index (χ1) is 6.83. The topological polar surface area (TPSA) is 59.1 Å². The molecule has 3 N–H and O–H groups in total. The van der Waals surface area contributed by atoms with Crippen molar-refractivity contribution in [2.45, 2.75) is 11.8 Å². The van der Waals surface area contributed by atoms with E-state index in [1.165, 1.54) is 0 Å². The Hall–Kier alpha value is -1.21. The highest BCUT2D eigenvalue weighted by Crippen LogP contribution is 2.38. The third-order valence-corrected chi connectivity index (χ3v) is 1.98. The van der Waals surface area contributed by atoms with E-state index in [-0.39, 0.29) is 0 Å². The summed E-state index contributed by atoms with van der Waals surface area (Å²) in [5, 5.41) is 9.29. The molecule has 0 saturated heterocycles. The van der Waals surface area contributed by atoms with Gasteiger partial charge in [-0.05, 0) is 6.07 Å². The quantitative estimate of drug-likeness (QED) is 0.734. The Labute approximate surface area is 82.5 Å². The minimum absolute atomic E-state index is 0.585. The van der Waals surface area contributed by atoms with Gasteiger partial charge < -0.3 is 10.8 Å². The lowest BCUT2D eigenvalue weighted by molar-refractivity contribution is -0.263. The van der Waals surface area contributed by atoms with Crippen LogP contribution in [0.25, 0.3) is 0 Å². The summed E-state index contributed by atoms with van der Waals surface area (Å²) in [6, 6.07) is 0.746. The average Bonchev–Trinajstić information content (AvgIpc) is 2.15. The van der Waals surface area contributed by atoms with Crippen LogP contribution in [-0.2, 0) is 5.60 Å². The molecule has 1 atom stereocenters. The van der Waals surface area contributed by atoms with E-state index in [2.05, 4.69) is 4.98 Å². The minimum Gasteiger partial charge on any atom is -0.375 e. The Bertz CT molecular complexity index is 355. The highest BCUT2D eigenvalue weighted by Gasteiger charge is 2.55. The van der Waals surface area contributed by atoms with Crippen molar-refractivity contribution in [1.29, 1.82) is 0 Å². The molecular formula is C8H8F4N2O. The summed E-state index contributed by atoms with van der Waals surface area (Å²) in [6.45, 7) is -1.16. The molecule has 1 unspecified atom stereocenters. The highest BCUT2D eigenvalue weighted by atomic mass is 19.4. The summed E-state index contributed by atoms with van der Waals surface area (Å²) in [5.74, 6) is -1.25. The molecule has 1 rings (SSSR count). The molecule has 0 radical (unpaired) electrons. The van der Waals surface area contributed by atoms with E-state index in [0.717, 1.165) is 12.3 Å². The second-order valence-electron chi connectivity index (χ2n) is 2.92. The first-order valence-electron chi connectivity index (χ1n) is 3.92. The summed E-state index contributed by atoms with van der Waals surface area (Å²) in [6.07, 6.45) is -3.50. The van der Waals surface area contributed by atoms with Gasteiger partial charge in [0.25, 0.3) is 0 Å². The molecule has 1 aromatic rings. The van der Waals surface area contributed by atoms with Crippen molar-refractivity contribution in [2.24, 2.45) is 5.73 Å². The summed E-state index contributed by atoms with van der Waals surface area (Å²) in [7, 11) is 0. The summed E-state index contributed by atoms with van der Waals surface area (Å²) >= 11 is 0. The monoisotopic (exact) mass is 224 g/mol. The average molecular weight is 224 g/mol. The van der Waals surface area contributed by atoms with E-state index in [0.29, 0.717) is 6.20 Å². The lowest BCUT2D eigenvalue weighted by atomic mass is 9.94. The second-order valence-corrected chi connectivity index (χ2v) is 2.92.